The second-order valence-corrected chi connectivity index (χ2v) is 12.0. The molecule has 0 aliphatic carbocycles. The van der Waals surface area contributed by atoms with Crippen molar-refractivity contribution < 1.29 is 24.2 Å². The molecule has 3 aliphatic rings. The van der Waals surface area contributed by atoms with Gasteiger partial charge in [-0.25, -0.2) is 0 Å². The molecule has 1 aromatic rings. The highest BCUT2D eigenvalue weighted by atomic mass is 35.5. The van der Waals surface area contributed by atoms with E-state index < -0.39 is 34.6 Å². The first-order valence-corrected chi connectivity index (χ1v) is 14.1. The van der Waals surface area contributed by atoms with Crippen LogP contribution in [0.3, 0.4) is 0 Å². The number of halogens is 1. The normalized spacial score (nSPS) is 30.6. The Morgan fingerprint density at radius 1 is 1.32 bits per heavy atom. The van der Waals surface area contributed by atoms with Gasteiger partial charge in [0.15, 0.2) is 0 Å². The van der Waals surface area contributed by atoms with Gasteiger partial charge in [-0.1, -0.05) is 37.6 Å². The lowest BCUT2D eigenvalue weighted by atomic mass is 9.66. The quantitative estimate of drug-likeness (QED) is 0.256. The first kappa shape index (κ1) is 27.7. The summed E-state index contributed by atoms with van der Waals surface area (Å²) in [6.45, 7) is 11.6. The Hall–Kier alpha value is -2.29. The number of nitrogens with zero attached hydrogens (tertiary/aromatic N) is 2. The van der Waals surface area contributed by atoms with Crippen molar-refractivity contribution in [1.29, 1.82) is 0 Å². The van der Waals surface area contributed by atoms with Crippen molar-refractivity contribution in [2.45, 2.75) is 55.2 Å². The van der Waals surface area contributed by atoms with Gasteiger partial charge in [-0.05, 0) is 49.4 Å². The molecule has 1 aromatic carbocycles. The predicted octanol–water partition coefficient (Wildman–Crippen LogP) is 4.09. The van der Waals surface area contributed by atoms with E-state index in [1.165, 1.54) is 0 Å². The lowest BCUT2D eigenvalue weighted by Gasteiger charge is -2.42. The molecule has 7 nitrogen and oxygen atoms in total. The summed E-state index contributed by atoms with van der Waals surface area (Å²) in [4.78, 5) is 45.1. The monoisotopic (exact) mass is 546 g/mol. The predicted molar refractivity (Wildman–Crippen MR) is 146 cm³/mol. The molecule has 37 heavy (non-hydrogen) atoms. The number of anilines is 1. The van der Waals surface area contributed by atoms with Crippen LogP contribution in [0.2, 0.25) is 5.02 Å². The van der Waals surface area contributed by atoms with E-state index in [9.17, 15) is 19.5 Å². The van der Waals surface area contributed by atoms with Crippen molar-refractivity contribution in [3.63, 3.8) is 0 Å². The van der Waals surface area contributed by atoms with Crippen LogP contribution in [-0.2, 0) is 19.1 Å². The second-order valence-electron chi connectivity index (χ2n) is 10.0. The summed E-state index contributed by atoms with van der Waals surface area (Å²) in [5.74, 6) is -2.19. The van der Waals surface area contributed by atoms with E-state index in [4.69, 9.17) is 16.3 Å². The van der Waals surface area contributed by atoms with E-state index >= 15 is 0 Å². The van der Waals surface area contributed by atoms with Gasteiger partial charge in [0, 0.05) is 22.5 Å². The number of ether oxygens (including phenoxy) is 1. The third kappa shape index (κ3) is 4.51. The fourth-order valence-corrected chi connectivity index (χ4v) is 8.89. The molecule has 2 amide bonds. The van der Waals surface area contributed by atoms with Crippen LogP contribution in [0.1, 0.15) is 33.1 Å². The number of benzene rings is 1. The Kier molecular flexibility index (Phi) is 8.41. The molecule has 0 saturated carbocycles. The first-order valence-electron chi connectivity index (χ1n) is 12.8. The van der Waals surface area contributed by atoms with Gasteiger partial charge in [0.25, 0.3) is 5.91 Å². The smallest absolute Gasteiger partial charge is 0.310 e. The molecule has 1 N–H and O–H groups in total. The van der Waals surface area contributed by atoms with Crippen molar-refractivity contribution in [3.8, 4) is 0 Å². The van der Waals surface area contributed by atoms with E-state index in [1.807, 2.05) is 6.92 Å². The molecule has 9 heteroatoms. The maximum Gasteiger partial charge on any atom is 0.310 e. The molecule has 4 rings (SSSR count). The summed E-state index contributed by atoms with van der Waals surface area (Å²) in [6, 6.07) is 5.59. The number of thioether (sulfide) groups is 1. The Morgan fingerprint density at radius 3 is 2.62 bits per heavy atom. The summed E-state index contributed by atoms with van der Waals surface area (Å²) in [6.07, 6.45) is 5.06. The molecule has 2 bridgehead atoms. The summed E-state index contributed by atoms with van der Waals surface area (Å²) in [5, 5.41) is 10.7. The average Bonchev–Trinajstić information content (AvgIpc) is 3.48. The third-order valence-electron chi connectivity index (χ3n) is 8.05. The van der Waals surface area contributed by atoms with Gasteiger partial charge < -0.3 is 19.6 Å². The minimum Gasteiger partial charge on any atom is -0.465 e. The van der Waals surface area contributed by atoms with E-state index in [1.54, 1.807) is 58.0 Å². The zero-order valence-electron chi connectivity index (χ0n) is 21.3. The highest BCUT2D eigenvalue weighted by Gasteiger charge is 2.77. The lowest BCUT2D eigenvalue weighted by molar-refractivity contribution is -0.154. The largest absolute Gasteiger partial charge is 0.465 e. The van der Waals surface area contributed by atoms with Gasteiger partial charge in [-0.15, -0.1) is 24.9 Å². The maximum absolute atomic E-state index is 14.5. The Balaban J connectivity index is 1.80. The maximum atomic E-state index is 14.5. The topological polar surface area (TPSA) is 87.1 Å². The number of amides is 2. The van der Waals surface area contributed by atoms with Gasteiger partial charge in [0.2, 0.25) is 5.91 Å². The third-order valence-corrected chi connectivity index (χ3v) is 10.4. The van der Waals surface area contributed by atoms with E-state index in [-0.39, 0.29) is 42.7 Å². The van der Waals surface area contributed by atoms with Crippen LogP contribution < -0.4 is 4.90 Å². The number of carbonyl (C=O) groups excluding carboxylic acids is 3. The Labute approximate surface area is 227 Å². The van der Waals surface area contributed by atoms with Crippen LogP contribution in [0.5, 0.6) is 0 Å². The van der Waals surface area contributed by atoms with Gasteiger partial charge in [-0.2, -0.15) is 0 Å². The van der Waals surface area contributed by atoms with Crippen LogP contribution >= 0.6 is 23.4 Å². The fourth-order valence-electron chi connectivity index (χ4n) is 6.37. The SMILES string of the molecule is C=CCCOC(=O)[C@@H]1[C@H]2C(=O)N([C@@H](CC)CO)C(C(=O)N(CC=C)c3ccc(Cl)cc3)C23S[C@@H]1CC3C. The number of fused-ring (bicyclic) bond motifs is 1. The number of hydrogen-bond acceptors (Lipinski definition) is 6. The Morgan fingerprint density at radius 2 is 2.03 bits per heavy atom. The number of carbonyl (C=O) groups is 3. The molecular weight excluding hydrogens is 512 g/mol. The summed E-state index contributed by atoms with van der Waals surface area (Å²) in [5.41, 5.74) is 0.643. The van der Waals surface area contributed by atoms with Crippen molar-refractivity contribution in [3.05, 3.63) is 54.6 Å². The van der Waals surface area contributed by atoms with Gasteiger partial charge >= 0.3 is 5.97 Å². The first-order chi connectivity index (χ1) is 17.8. The van der Waals surface area contributed by atoms with Crippen molar-refractivity contribution in [2.75, 3.05) is 24.7 Å². The minimum atomic E-state index is -0.839. The van der Waals surface area contributed by atoms with Gasteiger partial charge in [0.1, 0.15) is 6.04 Å². The van der Waals surface area contributed by atoms with Crippen molar-refractivity contribution in [2.24, 2.45) is 17.8 Å². The molecule has 3 unspecified atom stereocenters. The molecule has 3 heterocycles. The van der Waals surface area contributed by atoms with Crippen LogP contribution in [0.15, 0.2) is 49.6 Å². The number of hydrogen-bond donors (Lipinski definition) is 1. The number of esters is 1. The molecule has 0 aromatic heterocycles. The molecule has 200 valence electrons. The fraction of sp³-hybridized carbons (Fsp3) is 0.536. The van der Waals surface area contributed by atoms with Crippen LogP contribution in [0.4, 0.5) is 5.69 Å². The molecule has 3 saturated heterocycles. The zero-order chi connectivity index (χ0) is 26.9. The average molecular weight is 547 g/mol. The molecule has 3 aliphatic heterocycles. The minimum absolute atomic E-state index is 0.0135. The standard InChI is InChI=1S/C28H35ClN2O5S/c1-5-8-14-36-27(35)22-21-15-17(4)28(37-21)23(22)25(33)31(19(7-3)16-32)24(28)26(34)30(13-6-2)20-11-9-18(29)10-12-20/h5-6,9-12,17,19,21-24,32H,1-2,7-8,13-16H2,3-4H3/t17?,19-,21+,22-,23-,24?,28?/m0/s1. The van der Waals surface area contributed by atoms with Crippen molar-refractivity contribution >= 4 is 46.8 Å². The molecule has 3 fully saturated rings. The van der Waals surface area contributed by atoms with Gasteiger partial charge in [-0.3, -0.25) is 14.4 Å². The van der Waals surface area contributed by atoms with E-state index in [2.05, 4.69) is 20.1 Å². The summed E-state index contributed by atoms with van der Waals surface area (Å²) in [7, 11) is 0. The van der Waals surface area contributed by atoms with Crippen LogP contribution in [0, 0.1) is 17.8 Å². The lowest BCUT2D eigenvalue weighted by Crippen LogP contribution is -2.59. The zero-order valence-corrected chi connectivity index (χ0v) is 22.9. The highest BCUT2D eigenvalue weighted by molar-refractivity contribution is 8.02. The molecule has 7 atom stereocenters. The number of likely N-dealkylation sites (tertiary alicyclic amines) is 1. The number of aliphatic hydroxyl groups excluding tert-OH is 1. The Bertz CT molecular complexity index is 1060. The summed E-state index contributed by atoms with van der Waals surface area (Å²) >= 11 is 7.69. The summed E-state index contributed by atoms with van der Waals surface area (Å²) < 4.78 is 4.76. The van der Waals surface area contributed by atoms with E-state index in [0.29, 0.717) is 30.0 Å². The number of rotatable bonds is 11. The molecular formula is C28H35ClN2O5S. The molecule has 1 spiro atoms. The van der Waals surface area contributed by atoms with Crippen LogP contribution in [0.25, 0.3) is 0 Å². The second kappa shape index (κ2) is 11.2. The highest BCUT2D eigenvalue weighted by Crippen LogP contribution is 2.69. The van der Waals surface area contributed by atoms with Crippen molar-refractivity contribution in [1.82, 2.24) is 4.90 Å². The van der Waals surface area contributed by atoms with E-state index in [0.717, 1.165) is 0 Å². The number of aliphatic hydroxyl groups is 1. The molecule has 0 radical (unpaired) electrons. The van der Waals surface area contributed by atoms with Crippen LogP contribution in [-0.4, -0.2) is 69.6 Å². The van der Waals surface area contributed by atoms with Gasteiger partial charge in [0.05, 0.1) is 35.8 Å².